The molecule has 2 heterocycles. The molecule has 1 spiro atoms. The van der Waals surface area contributed by atoms with E-state index in [4.69, 9.17) is 14.2 Å². The zero-order chi connectivity index (χ0) is 30.1. The van der Waals surface area contributed by atoms with Crippen LogP contribution in [0, 0.1) is 11.3 Å². The molecule has 3 aliphatic carbocycles. The Kier molecular flexibility index (Phi) is 6.86. The van der Waals surface area contributed by atoms with Crippen molar-refractivity contribution in [2.75, 3.05) is 27.7 Å². The number of carbonyl (C=O) groups is 2. The fraction of sp³-hybridized carbons (Fsp3) is 0.548. The molecular weight excluding hydrogens is 553 g/mol. The molecule has 1 aromatic rings. The van der Waals surface area contributed by atoms with Crippen LogP contribution in [0.5, 0.6) is 0 Å². The van der Waals surface area contributed by atoms with E-state index in [2.05, 4.69) is 24.1 Å². The quantitative estimate of drug-likeness (QED) is 0.172. The Bertz CT molecular complexity index is 1390. The van der Waals surface area contributed by atoms with Gasteiger partial charge in [0, 0.05) is 49.9 Å². The van der Waals surface area contributed by atoms with E-state index in [1.54, 1.807) is 30.3 Å². The van der Waals surface area contributed by atoms with Gasteiger partial charge >= 0.3 is 12.3 Å². The third-order valence-corrected chi connectivity index (χ3v) is 9.96. The summed E-state index contributed by atoms with van der Waals surface area (Å²) in [6.07, 6.45) is 0.748. The lowest BCUT2D eigenvalue weighted by atomic mass is 9.50. The fourth-order valence-electron chi connectivity index (χ4n) is 8.28. The minimum Gasteiger partial charge on any atom is -0.427 e. The Morgan fingerprint density at radius 2 is 1.90 bits per heavy atom. The number of amides is 1. The summed E-state index contributed by atoms with van der Waals surface area (Å²) >= 11 is 0. The topological polar surface area (TPSA) is 83.1 Å². The lowest BCUT2D eigenvalue weighted by molar-refractivity contribution is -0.928. The van der Waals surface area contributed by atoms with Crippen molar-refractivity contribution in [3.05, 3.63) is 64.6 Å². The van der Waals surface area contributed by atoms with Crippen molar-refractivity contribution in [1.82, 2.24) is 5.32 Å². The van der Waals surface area contributed by atoms with Crippen molar-refractivity contribution in [2.45, 2.75) is 69.4 Å². The molecule has 42 heavy (non-hydrogen) atoms. The second-order valence-corrected chi connectivity index (χ2v) is 12.5. The van der Waals surface area contributed by atoms with Gasteiger partial charge in [-0.25, -0.2) is 0 Å². The second kappa shape index (κ2) is 9.96. The molecule has 11 heteroatoms. The number of rotatable bonds is 6. The van der Waals surface area contributed by atoms with E-state index in [0.717, 1.165) is 53.9 Å². The van der Waals surface area contributed by atoms with E-state index < -0.39 is 35.8 Å². The number of nitrogens with one attached hydrogen (secondary N) is 1. The van der Waals surface area contributed by atoms with Gasteiger partial charge in [-0.2, -0.15) is 0 Å². The Labute approximate surface area is 242 Å². The molecule has 0 aromatic heterocycles. The van der Waals surface area contributed by atoms with Crippen LogP contribution < -0.4 is 5.32 Å². The predicted octanol–water partition coefficient (Wildman–Crippen LogP) is 4.59. The average Bonchev–Trinajstić information content (AvgIpc) is 3.26. The molecule has 1 amide bonds. The number of esters is 1. The van der Waals surface area contributed by atoms with Crippen LogP contribution >= 0.6 is 0 Å². The van der Waals surface area contributed by atoms with E-state index in [9.17, 15) is 22.8 Å². The van der Waals surface area contributed by atoms with Crippen molar-refractivity contribution >= 4 is 18.0 Å². The molecule has 2 aliphatic heterocycles. The van der Waals surface area contributed by atoms with Crippen LogP contribution in [0.4, 0.5) is 13.2 Å². The van der Waals surface area contributed by atoms with Gasteiger partial charge in [-0.3, -0.25) is 9.59 Å². The Morgan fingerprint density at radius 1 is 1.17 bits per heavy atom. The third kappa shape index (κ3) is 4.57. The van der Waals surface area contributed by atoms with Gasteiger partial charge in [0.1, 0.15) is 11.9 Å². The van der Waals surface area contributed by atoms with E-state index in [0.29, 0.717) is 17.9 Å². The molecule has 0 radical (unpaired) electrons. The van der Waals surface area contributed by atoms with Gasteiger partial charge in [0.2, 0.25) is 0 Å². The summed E-state index contributed by atoms with van der Waals surface area (Å²) < 4.78 is 64.0. The number of quaternary nitrogens is 1. The minimum absolute atomic E-state index is 0.156. The maximum Gasteiger partial charge on any atom is 0.573 e. The molecule has 6 atom stereocenters. The highest BCUT2D eigenvalue weighted by atomic mass is 19.4. The fourth-order valence-corrected chi connectivity index (χ4v) is 8.28. The monoisotopic (exact) mass is 589 g/mol. The van der Waals surface area contributed by atoms with E-state index in [1.165, 1.54) is 20.1 Å². The number of piperidine rings is 1. The number of benzene rings is 1. The third-order valence-electron chi connectivity index (χ3n) is 9.96. The normalized spacial score (nSPS) is 34.7. The lowest BCUT2D eigenvalue weighted by Crippen LogP contribution is -2.68. The molecule has 8 nitrogen and oxygen atoms in total. The number of methoxy groups -OCH3 is 1. The molecule has 6 rings (SSSR count). The van der Waals surface area contributed by atoms with E-state index in [-0.39, 0.29) is 23.3 Å². The highest BCUT2D eigenvalue weighted by Gasteiger charge is 2.71. The average molecular weight is 590 g/mol. The number of hydrogen-bond donors (Lipinski definition) is 1. The summed E-state index contributed by atoms with van der Waals surface area (Å²) in [5.74, 6) is -2.09. The predicted molar refractivity (Wildman–Crippen MR) is 145 cm³/mol. The first-order valence-electron chi connectivity index (χ1n) is 14.3. The summed E-state index contributed by atoms with van der Waals surface area (Å²) in [5, 5.41) is 2.67. The number of ether oxygens (including phenoxy) is 4. The smallest absolute Gasteiger partial charge is 0.427 e. The molecule has 5 aliphatic rings. The molecular formula is C31H36F3N2O6+. The van der Waals surface area contributed by atoms with Gasteiger partial charge in [-0.1, -0.05) is 36.8 Å². The number of carbonyl (C=O) groups excluding carboxylic acids is 2. The standard InChI is InChI=1S/C31H35F3N2O6/c1-18(37)40-24-17-30(39-4,35-28(38)23(42-31(32,33)34)15-19-9-6-5-7-10-19)27-26-20(24)16-22-21-11-8-12-25(41-27)29(21,26)13-14-36(22,2)3/h5-7,9-10,15,17,21-22,25,27H,8,11-14,16H2,1-4H3/p+1/t21-,22+,25-,27?,29+,30?/m0/s1. The van der Waals surface area contributed by atoms with Crippen LogP contribution in [0.3, 0.4) is 0 Å². The number of allylic oxidation sites excluding steroid dienone is 1. The number of alkyl halides is 3. The largest absolute Gasteiger partial charge is 0.573 e. The number of nitrogens with zero attached hydrogens (tertiary/aromatic N) is 1. The minimum atomic E-state index is -5.12. The highest BCUT2D eigenvalue weighted by Crippen LogP contribution is 2.67. The summed E-state index contributed by atoms with van der Waals surface area (Å²) in [6.45, 7) is 2.22. The summed E-state index contributed by atoms with van der Waals surface area (Å²) in [7, 11) is 5.82. The maximum absolute atomic E-state index is 13.7. The van der Waals surface area contributed by atoms with Crippen LogP contribution in [-0.2, 0) is 28.5 Å². The molecule has 1 saturated carbocycles. The molecule has 1 aromatic carbocycles. The van der Waals surface area contributed by atoms with Gasteiger partial charge in [-0.15, -0.1) is 13.2 Å². The van der Waals surface area contributed by atoms with Crippen molar-refractivity contribution in [2.24, 2.45) is 11.3 Å². The molecule has 1 N–H and O–H groups in total. The molecule has 226 valence electrons. The first kappa shape index (κ1) is 28.9. The Hall–Kier alpha value is -3.15. The molecule has 2 saturated heterocycles. The first-order valence-corrected chi connectivity index (χ1v) is 14.3. The van der Waals surface area contributed by atoms with Crippen LogP contribution in [0.1, 0.15) is 44.6 Å². The van der Waals surface area contributed by atoms with Crippen LogP contribution in [0.2, 0.25) is 0 Å². The molecule has 3 fully saturated rings. The second-order valence-electron chi connectivity index (χ2n) is 12.5. The molecule has 2 bridgehead atoms. The van der Waals surface area contributed by atoms with E-state index in [1.807, 2.05) is 0 Å². The Balaban J connectivity index is 1.46. The van der Waals surface area contributed by atoms with Crippen molar-refractivity contribution in [1.29, 1.82) is 0 Å². The SMILES string of the molecule is COC1(NC(=O)C(=Cc2ccccc2)OC(F)(F)F)C=C(OC(C)=O)C2=C3C1O[C@H]1CCC[C@H]4[C@@H](C2)[N+](C)(C)CC[C@]314. The van der Waals surface area contributed by atoms with Gasteiger partial charge in [0.05, 0.1) is 32.8 Å². The maximum atomic E-state index is 13.7. The van der Waals surface area contributed by atoms with Crippen molar-refractivity contribution in [3.8, 4) is 0 Å². The van der Waals surface area contributed by atoms with Crippen LogP contribution in [-0.4, -0.2) is 74.4 Å². The molecule has 2 unspecified atom stereocenters. The summed E-state index contributed by atoms with van der Waals surface area (Å²) in [4.78, 5) is 26.0. The van der Waals surface area contributed by atoms with Gasteiger partial charge in [0.15, 0.2) is 11.5 Å². The first-order chi connectivity index (χ1) is 19.8. The van der Waals surface area contributed by atoms with Crippen LogP contribution in [0.25, 0.3) is 6.08 Å². The number of hydrogen-bond acceptors (Lipinski definition) is 6. The van der Waals surface area contributed by atoms with Gasteiger partial charge in [0.25, 0.3) is 5.91 Å². The number of likely N-dealkylation sites (tertiary alicyclic amines) is 1. The summed E-state index contributed by atoms with van der Waals surface area (Å²) in [5.41, 5.74) is 0.0688. The van der Waals surface area contributed by atoms with Gasteiger partial charge < -0.3 is 28.7 Å². The van der Waals surface area contributed by atoms with Crippen molar-refractivity contribution in [3.63, 3.8) is 0 Å². The van der Waals surface area contributed by atoms with E-state index >= 15 is 0 Å². The zero-order valence-electron chi connectivity index (χ0n) is 24.1. The van der Waals surface area contributed by atoms with Crippen LogP contribution in [0.15, 0.2) is 59.1 Å². The Morgan fingerprint density at radius 3 is 2.57 bits per heavy atom. The zero-order valence-corrected chi connectivity index (χ0v) is 24.1. The highest BCUT2D eigenvalue weighted by molar-refractivity contribution is 5.96. The lowest BCUT2D eigenvalue weighted by Gasteiger charge is -2.61. The number of halogens is 3. The van der Waals surface area contributed by atoms with Crippen molar-refractivity contribution < 1.29 is 46.2 Å². The van der Waals surface area contributed by atoms with Gasteiger partial charge in [-0.05, 0) is 30.1 Å². The summed E-state index contributed by atoms with van der Waals surface area (Å²) in [6, 6.07) is 8.38.